The first-order valence-electron chi connectivity index (χ1n) is 8.53. The van der Waals surface area contributed by atoms with Crippen molar-refractivity contribution in [2.45, 2.75) is 32.2 Å². The summed E-state index contributed by atoms with van der Waals surface area (Å²) in [6.45, 7) is 5.04. The first-order chi connectivity index (χ1) is 11.3. The molecule has 0 bridgehead atoms. The Balaban J connectivity index is 1.67. The predicted molar refractivity (Wildman–Crippen MR) is 86.9 cm³/mol. The minimum absolute atomic E-state index is 0.192. The maximum absolute atomic E-state index is 13.6. The van der Waals surface area contributed by atoms with Crippen molar-refractivity contribution in [3.8, 4) is 11.5 Å². The molecule has 0 aromatic heterocycles. The van der Waals surface area contributed by atoms with E-state index in [-0.39, 0.29) is 18.1 Å². The van der Waals surface area contributed by atoms with Gasteiger partial charge in [-0.25, -0.2) is 0 Å². The highest BCUT2D eigenvalue weighted by molar-refractivity contribution is 5.44. The summed E-state index contributed by atoms with van der Waals surface area (Å²) in [5.74, 6) is 1.61. The van der Waals surface area contributed by atoms with Crippen molar-refractivity contribution in [2.75, 3.05) is 39.6 Å². The van der Waals surface area contributed by atoms with Crippen LogP contribution in [0.2, 0.25) is 0 Å². The average molecular weight is 323 g/mol. The molecule has 2 aliphatic heterocycles. The molecule has 1 aromatic carbocycles. The van der Waals surface area contributed by atoms with Crippen LogP contribution in [0.25, 0.3) is 0 Å². The highest BCUT2D eigenvalue weighted by atomic mass is 19.1. The Bertz CT molecular complexity index is 517. The summed E-state index contributed by atoms with van der Waals surface area (Å²) < 4.78 is 30.2. The van der Waals surface area contributed by atoms with E-state index in [2.05, 4.69) is 18.3 Å². The quantitative estimate of drug-likeness (QED) is 0.872. The third-order valence-corrected chi connectivity index (χ3v) is 4.94. The van der Waals surface area contributed by atoms with Gasteiger partial charge in [-0.15, -0.1) is 0 Å². The first kappa shape index (κ1) is 16.5. The molecular formula is C18H26FNO3. The molecule has 0 saturated carbocycles. The zero-order valence-corrected chi connectivity index (χ0v) is 13.8. The van der Waals surface area contributed by atoms with Crippen molar-refractivity contribution in [2.24, 2.45) is 5.41 Å². The van der Waals surface area contributed by atoms with Crippen molar-refractivity contribution in [1.82, 2.24) is 5.32 Å². The second kappa shape index (κ2) is 7.49. The van der Waals surface area contributed by atoms with Crippen molar-refractivity contribution < 1.29 is 18.6 Å². The molecule has 1 unspecified atom stereocenters. The normalized spacial score (nSPS) is 21.0. The number of fused-ring (bicyclic) bond motifs is 1. The molecule has 23 heavy (non-hydrogen) atoms. The lowest BCUT2D eigenvalue weighted by molar-refractivity contribution is 0.000906. The molecule has 128 valence electrons. The van der Waals surface area contributed by atoms with Gasteiger partial charge in [0, 0.05) is 31.2 Å². The number of hydrogen-bond acceptors (Lipinski definition) is 4. The van der Waals surface area contributed by atoms with Gasteiger partial charge in [0.1, 0.15) is 13.2 Å². The van der Waals surface area contributed by atoms with Crippen LogP contribution in [0.5, 0.6) is 11.5 Å². The van der Waals surface area contributed by atoms with Crippen LogP contribution in [0, 0.1) is 5.41 Å². The number of hydrogen-bond donors (Lipinski definition) is 1. The number of halogens is 1. The molecule has 0 radical (unpaired) electrons. The van der Waals surface area contributed by atoms with E-state index in [9.17, 15) is 4.39 Å². The van der Waals surface area contributed by atoms with Gasteiger partial charge in [0.05, 0.1) is 6.67 Å². The van der Waals surface area contributed by atoms with E-state index >= 15 is 0 Å². The molecule has 0 spiro atoms. The molecule has 2 heterocycles. The molecule has 0 aliphatic carbocycles. The molecule has 4 nitrogen and oxygen atoms in total. The van der Waals surface area contributed by atoms with E-state index in [1.165, 1.54) is 0 Å². The minimum atomic E-state index is -0.291. The van der Waals surface area contributed by atoms with Gasteiger partial charge in [-0.1, -0.05) is 13.0 Å². The monoisotopic (exact) mass is 323 g/mol. The summed E-state index contributed by atoms with van der Waals surface area (Å²) in [5.41, 5.74) is 0.886. The second-order valence-electron chi connectivity index (χ2n) is 6.49. The molecular weight excluding hydrogens is 297 g/mol. The van der Waals surface area contributed by atoms with Crippen molar-refractivity contribution >= 4 is 0 Å². The number of benzene rings is 1. The van der Waals surface area contributed by atoms with Crippen LogP contribution in [-0.4, -0.2) is 39.6 Å². The summed E-state index contributed by atoms with van der Waals surface area (Å²) >= 11 is 0. The Morgan fingerprint density at radius 1 is 1.13 bits per heavy atom. The topological polar surface area (TPSA) is 39.7 Å². The van der Waals surface area contributed by atoms with Gasteiger partial charge >= 0.3 is 0 Å². The largest absolute Gasteiger partial charge is 0.486 e. The van der Waals surface area contributed by atoms with Gasteiger partial charge in [0.25, 0.3) is 0 Å². The van der Waals surface area contributed by atoms with Crippen LogP contribution < -0.4 is 14.8 Å². The van der Waals surface area contributed by atoms with Gasteiger partial charge in [0.2, 0.25) is 0 Å². The number of alkyl halides is 1. The minimum Gasteiger partial charge on any atom is -0.486 e. The molecule has 1 saturated heterocycles. The molecule has 1 atom stereocenters. The Labute approximate surface area is 137 Å². The standard InChI is InChI=1S/C18H26FNO3/c1-2-15(20-13-18(12-19)5-7-21-8-6-18)14-3-4-16-17(11-14)23-10-9-22-16/h3-4,11,15,20H,2,5-10,12-13H2,1H3. The maximum atomic E-state index is 13.6. The smallest absolute Gasteiger partial charge is 0.161 e. The zero-order chi connectivity index (χ0) is 16.1. The highest BCUT2D eigenvalue weighted by Gasteiger charge is 2.33. The fourth-order valence-corrected chi connectivity index (χ4v) is 3.28. The van der Waals surface area contributed by atoms with E-state index in [4.69, 9.17) is 14.2 Å². The molecule has 5 heteroatoms. The molecule has 1 N–H and O–H groups in total. The van der Waals surface area contributed by atoms with Crippen molar-refractivity contribution in [3.05, 3.63) is 23.8 Å². The average Bonchev–Trinajstić information content (AvgIpc) is 2.63. The van der Waals surface area contributed by atoms with Gasteiger partial charge in [-0.05, 0) is 37.0 Å². The maximum Gasteiger partial charge on any atom is 0.161 e. The van der Waals surface area contributed by atoms with Crippen LogP contribution in [-0.2, 0) is 4.74 Å². The Morgan fingerprint density at radius 3 is 2.57 bits per heavy atom. The summed E-state index contributed by atoms with van der Waals surface area (Å²) in [7, 11) is 0. The van der Waals surface area contributed by atoms with Gasteiger partial charge in [-0.3, -0.25) is 4.39 Å². The first-order valence-corrected chi connectivity index (χ1v) is 8.53. The third kappa shape index (κ3) is 3.78. The Morgan fingerprint density at radius 2 is 1.87 bits per heavy atom. The fourth-order valence-electron chi connectivity index (χ4n) is 3.28. The van der Waals surface area contributed by atoms with Gasteiger partial charge in [-0.2, -0.15) is 0 Å². The van der Waals surface area contributed by atoms with E-state index in [0.717, 1.165) is 36.3 Å². The summed E-state index contributed by atoms with van der Waals surface area (Å²) in [6.07, 6.45) is 2.51. The van der Waals surface area contributed by atoms with Gasteiger partial charge in [0.15, 0.2) is 11.5 Å². The van der Waals surface area contributed by atoms with Crippen LogP contribution >= 0.6 is 0 Å². The van der Waals surface area contributed by atoms with E-state index < -0.39 is 0 Å². The van der Waals surface area contributed by atoms with E-state index in [1.54, 1.807) is 0 Å². The molecule has 1 fully saturated rings. The third-order valence-electron chi connectivity index (χ3n) is 4.94. The van der Waals surface area contributed by atoms with Gasteiger partial charge < -0.3 is 19.5 Å². The van der Waals surface area contributed by atoms with Crippen LogP contribution in [0.3, 0.4) is 0 Å². The molecule has 3 rings (SSSR count). The lowest BCUT2D eigenvalue weighted by atomic mass is 9.81. The SMILES string of the molecule is CCC(NCC1(CF)CCOCC1)c1ccc2c(c1)OCCO2. The summed E-state index contributed by atoms with van der Waals surface area (Å²) in [5, 5.41) is 3.56. The van der Waals surface area contributed by atoms with E-state index in [0.29, 0.717) is 33.0 Å². The Kier molecular flexibility index (Phi) is 5.38. The lowest BCUT2D eigenvalue weighted by Gasteiger charge is -2.36. The van der Waals surface area contributed by atoms with Crippen LogP contribution in [0.4, 0.5) is 4.39 Å². The van der Waals surface area contributed by atoms with Crippen molar-refractivity contribution in [1.29, 1.82) is 0 Å². The zero-order valence-electron chi connectivity index (χ0n) is 13.8. The lowest BCUT2D eigenvalue weighted by Crippen LogP contribution is -2.42. The summed E-state index contributed by atoms with van der Waals surface area (Å²) in [4.78, 5) is 0. The molecule has 2 aliphatic rings. The second-order valence-corrected chi connectivity index (χ2v) is 6.49. The number of ether oxygens (including phenoxy) is 3. The van der Waals surface area contributed by atoms with E-state index in [1.807, 2.05) is 12.1 Å². The number of rotatable bonds is 6. The van der Waals surface area contributed by atoms with Crippen LogP contribution in [0.15, 0.2) is 18.2 Å². The number of nitrogens with one attached hydrogen (secondary N) is 1. The van der Waals surface area contributed by atoms with Crippen molar-refractivity contribution in [3.63, 3.8) is 0 Å². The summed E-state index contributed by atoms with van der Waals surface area (Å²) in [6, 6.07) is 6.27. The van der Waals surface area contributed by atoms with Crippen LogP contribution in [0.1, 0.15) is 37.8 Å². The Hall–Kier alpha value is -1.33. The fraction of sp³-hybridized carbons (Fsp3) is 0.667. The molecule has 0 amide bonds. The molecule has 1 aromatic rings. The predicted octanol–water partition coefficient (Wildman–Crippen LogP) is 3.26. The highest BCUT2D eigenvalue weighted by Crippen LogP contribution is 2.35.